The normalized spacial score (nSPS) is 18.5. The smallest absolute Gasteiger partial charge is 0.379 e. The zero-order valence-electron chi connectivity index (χ0n) is 4.09. The first-order valence-electron chi connectivity index (χ1n) is 2.19. The fourth-order valence-electron chi connectivity index (χ4n) is 0.414. The van der Waals surface area contributed by atoms with Crippen molar-refractivity contribution in [1.82, 2.24) is 0 Å². The molecule has 42 valence electrons. The molecule has 3 nitrogen and oxygen atoms in total. The molecule has 0 saturated heterocycles. The molecule has 0 spiro atoms. The number of ketones is 1. The van der Waals surface area contributed by atoms with E-state index in [0.29, 0.717) is 0 Å². The van der Waals surface area contributed by atoms with Gasteiger partial charge in [0.05, 0.1) is 6.26 Å². The van der Waals surface area contributed by atoms with Gasteiger partial charge in [-0.15, -0.1) is 0 Å². The van der Waals surface area contributed by atoms with E-state index in [1.165, 1.54) is 12.3 Å². The van der Waals surface area contributed by atoms with Gasteiger partial charge in [-0.1, -0.05) is 0 Å². The van der Waals surface area contributed by atoms with Crippen LogP contribution in [0.15, 0.2) is 12.3 Å². The van der Waals surface area contributed by atoms with Gasteiger partial charge < -0.3 is 4.74 Å². The summed E-state index contributed by atoms with van der Waals surface area (Å²) in [6.07, 6.45) is 2.91. The van der Waals surface area contributed by atoms with Gasteiger partial charge in [-0.2, -0.15) is 0 Å². The van der Waals surface area contributed by atoms with Gasteiger partial charge in [0.15, 0.2) is 0 Å². The SMILES string of the molecule is O=C1CC=COC1=O. The van der Waals surface area contributed by atoms with E-state index < -0.39 is 11.8 Å². The molecule has 3 heteroatoms. The van der Waals surface area contributed by atoms with Crippen LogP contribution in [0.5, 0.6) is 0 Å². The third-order valence-corrected chi connectivity index (χ3v) is 0.802. The van der Waals surface area contributed by atoms with Crippen LogP contribution in [-0.4, -0.2) is 11.8 Å². The molecule has 1 heterocycles. The Morgan fingerprint density at radius 3 is 2.62 bits per heavy atom. The van der Waals surface area contributed by atoms with Crippen LogP contribution in [0, 0.1) is 0 Å². The number of cyclic esters (lactones) is 1. The Balaban J connectivity index is 2.71. The zero-order chi connectivity index (χ0) is 5.98. The molecule has 0 aromatic rings. The van der Waals surface area contributed by atoms with Crippen molar-refractivity contribution in [3.63, 3.8) is 0 Å². The summed E-state index contributed by atoms with van der Waals surface area (Å²) in [5, 5.41) is 0. The van der Waals surface area contributed by atoms with Gasteiger partial charge in [0, 0.05) is 6.42 Å². The van der Waals surface area contributed by atoms with Crippen LogP contribution in [0.25, 0.3) is 0 Å². The van der Waals surface area contributed by atoms with Crippen LogP contribution in [0.2, 0.25) is 0 Å². The summed E-state index contributed by atoms with van der Waals surface area (Å²) in [5.74, 6) is -1.24. The van der Waals surface area contributed by atoms with Crippen molar-refractivity contribution in [2.45, 2.75) is 6.42 Å². The number of hydrogen-bond acceptors (Lipinski definition) is 3. The number of carbonyl (C=O) groups excluding carboxylic acids is 2. The summed E-state index contributed by atoms with van der Waals surface area (Å²) in [6.45, 7) is 0. The molecule has 1 aliphatic heterocycles. The lowest BCUT2D eigenvalue weighted by atomic mass is 10.2. The molecule has 0 aromatic carbocycles. The number of rotatable bonds is 0. The Labute approximate surface area is 45.9 Å². The Morgan fingerprint density at radius 1 is 1.50 bits per heavy atom. The second kappa shape index (κ2) is 1.78. The van der Waals surface area contributed by atoms with Crippen molar-refractivity contribution in [1.29, 1.82) is 0 Å². The minimum Gasteiger partial charge on any atom is -0.429 e. The Hall–Kier alpha value is -1.12. The number of allylic oxidation sites excluding steroid dienone is 1. The lowest BCUT2D eigenvalue weighted by Crippen LogP contribution is -2.16. The molecule has 8 heavy (non-hydrogen) atoms. The fraction of sp³-hybridized carbons (Fsp3) is 0.200. The fourth-order valence-corrected chi connectivity index (χ4v) is 0.414. The predicted octanol–water partition coefficient (Wildman–Crippen LogP) is 0.0161. The summed E-state index contributed by atoms with van der Waals surface area (Å²) in [7, 11) is 0. The largest absolute Gasteiger partial charge is 0.429 e. The first kappa shape index (κ1) is 5.03. The lowest BCUT2D eigenvalue weighted by Gasteiger charge is -1.99. The van der Waals surface area contributed by atoms with E-state index in [1.807, 2.05) is 0 Å². The van der Waals surface area contributed by atoms with Crippen molar-refractivity contribution in [3.8, 4) is 0 Å². The number of carbonyl (C=O) groups is 2. The summed E-state index contributed by atoms with van der Waals surface area (Å²) < 4.78 is 4.22. The Kier molecular flexibility index (Phi) is 1.12. The molecule has 1 rings (SSSR count). The lowest BCUT2D eigenvalue weighted by molar-refractivity contribution is -0.150. The number of ether oxygens (including phenoxy) is 1. The van der Waals surface area contributed by atoms with Gasteiger partial charge in [0.2, 0.25) is 5.78 Å². The summed E-state index contributed by atoms with van der Waals surface area (Å²) in [4.78, 5) is 20.4. The van der Waals surface area contributed by atoms with E-state index in [0.717, 1.165) is 0 Å². The molecule has 0 unspecified atom stereocenters. The quantitative estimate of drug-likeness (QED) is 0.327. The molecule has 0 amide bonds. The highest BCUT2D eigenvalue weighted by atomic mass is 16.5. The molecule has 0 radical (unpaired) electrons. The van der Waals surface area contributed by atoms with Crippen LogP contribution in [0.1, 0.15) is 6.42 Å². The molecule has 0 aliphatic carbocycles. The molecular formula is C5H4O3. The van der Waals surface area contributed by atoms with Crippen LogP contribution >= 0.6 is 0 Å². The van der Waals surface area contributed by atoms with E-state index >= 15 is 0 Å². The monoisotopic (exact) mass is 112 g/mol. The van der Waals surface area contributed by atoms with Crippen molar-refractivity contribution in [2.24, 2.45) is 0 Å². The highest BCUT2D eigenvalue weighted by Gasteiger charge is 2.15. The maximum absolute atomic E-state index is 10.3. The van der Waals surface area contributed by atoms with E-state index in [-0.39, 0.29) is 6.42 Å². The number of esters is 1. The molecule has 0 N–H and O–H groups in total. The average molecular weight is 112 g/mol. The molecule has 0 aromatic heterocycles. The minimum absolute atomic E-state index is 0.179. The third-order valence-electron chi connectivity index (χ3n) is 0.802. The predicted molar refractivity (Wildman–Crippen MR) is 24.9 cm³/mol. The average Bonchev–Trinajstić information content (AvgIpc) is 1.77. The Morgan fingerprint density at radius 2 is 2.25 bits per heavy atom. The molecular weight excluding hydrogens is 108 g/mol. The van der Waals surface area contributed by atoms with Gasteiger partial charge in [0.1, 0.15) is 0 Å². The topological polar surface area (TPSA) is 43.4 Å². The molecule has 0 bridgehead atoms. The van der Waals surface area contributed by atoms with Gasteiger partial charge in [-0.3, -0.25) is 4.79 Å². The number of hydrogen-bond donors (Lipinski definition) is 0. The molecule has 1 aliphatic rings. The summed E-state index contributed by atoms with van der Waals surface area (Å²) in [5.41, 5.74) is 0. The maximum atomic E-state index is 10.3. The second-order valence-corrected chi connectivity index (χ2v) is 1.40. The van der Waals surface area contributed by atoms with E-state index in [2.05, 4.69) is 4.74 Å². The number of Topliss-reactive ketones (excluding diaryl/α,β-unsaturated/α-hetero) is 1. The summed E-state index contributed by atoms with van der Waals surface area (Å²) in [6, 6.07) is 0. The third kappa shape index (κ3) is 0.753. The van der Waals surface area contributed by atoms with Crippen LogP contribution < -0.4 is 0 Å². The van der Waals surface area contributed by atoms with E-state index in [4.69, 9.17) is 0 Å². The van der Waals surface area contributed by atoms with Crippen LogP contribution in [0.3, 0.4) is 0 Å². The van der Waals surface area contributed by atoms with Crippen molar-refractivity contribution < 1.29 is 14.3 Å². The highest BCUT2D eigenvalue weighted by Crippen LogP contribution is 1.96. The van der Waals surface area contributed by atoms with Gasteiger partial charge in [-0.25, -0.2) is 4.79 Å². The first-order valence-corrected chi connectivity index (χ1v) is 2.19. The summed E-state index contributed by atoms with van der Waals surface area (Å²) >= 11 is 0. The first-order chi connectivity index (χ1) is 3.80. The molecule has 0 atom stereocenters. The molecule has 0 saturated carbocycles. The minimum atomic E-state index is -0.757. The van der Waals surface area contributed by atoms with Gasteiger partial charge >= 0.3 is 5.97 Å². The Bertz CT molecular complexity index is 139. The van der Waals surface area contributed by atoms with E-state index in [1.54, 1.807) is 0 Å². The second-order valence-electron chi connectivity index (χ2n) is 1.40. The van der Waals surface area contributed by atoms with Crippen LogP contribution in [-0.2, 0) is 14.3 Å². The maximum Gasteiger partial charge on any atom is 0.379 e. The highest BCUT2D eigenvalue weighted by molar-refractivity contribution is 6.34. The standard InChI is InChI=1S/C5H4O3/c6-4-2-1-3-8-5(4)7/h1,3H,2H2. The van der Waals surface area contributed by atoms with Gasteiger partial charge in [-0.05, 0) is 6.08 Å². The van der Waals surface area contributed by atoms with Crippen molar-refractivity contribution >= 4 is 11.8 Å². The van der Waals surface area contributed by atoms with E-state index in [9.17, 15) is 9.59 Å². The zero-order valence-corrected chi connectivity index (χ0v) is 4.09. The van der Waals surface area contributed by atoms with Gasteiger partial charge in [0.25, 0.3) is 0 Å². The van der Waals surface area contributed by atoms with Crippen molar-refractivity contribution in [2.75, 3.05) is 0 Å². The van der Waals surface area contributed by atoms with Crippen molar-refractivity contribution in [3.05, 3.63) is 12.3 Å². The molecule has 0 fully saturated rings. The van der Waals surface area contributed by atoms with Crippen LogP contribution in [0.4, 0.5) is 0 Å².